The maximum absolute atomic E-state index is 2.77. The van der Waals surface area contributed by atoms with E-state index in [1.165, 1.54) is 44.6 Å². The summed E-state index contributed by atoms with van der Waals surface area (Å²) in [6.07, 6.45) is 3.97. The quantitative estimate of drug-likeness (QED) is 0.853. The molecule has 118 valence electrons. The fourth-order valence-corrected chi connectivity index (χ4v) is 5.03. The molecule has 0 radical (unpaired) electrons. The van der Waals surface area contributed by atoms with Crippen LogP contribution in [-0.2, 0) is 6.42 Å². The Hall–Kier alpha value is -1.80. The number of likely N-dealkylation sites (tertiary alicyclic amines) is 1. The van der Waals surface area contributed by atoms with Crippen molar-refractivity contribution in [1.82, 2.24) is 4.90 Å². The SMILES string of the molecule is c1ccc(N2C[C@@H]3C[C@H]2CN3CC2CCc3ccccc32)cc1. The standard InChI is InChI=1S/C21H24N2/c1-2-7-18(8-3-1)23-15-19-12-20(23)14-22(19)13-17-11-10-16-6-4-5-9-21(16)17/h1-9,17,19-20H,10-15H2/t17?,19-,20-/m0/s1. The molecule has 3 atom stereocenters. The van der Waals surface area contributed by atoms with E-state index >= 15 is 0 Å². The van der Waals surface area contributed by atoms with Crippen LogP contribution in [0.4, 0.5) is 5.69 Å². The summed E-state index contributed by atoms with van der Waals surface area (Å²) in [5.41, 5.74) is 4.62. The smallest absolute Gasteiger partial charge is 0.0433 e. The summed E-state index contributed by atoms with van der Waals surface area (Å²) in [4.78, 5) is 5.40. The molecule has 23 heavy (non-hydrogen) atoms. The summed E-state index contributed by atoms with van der Waals surface area (Å²) in [5.74, 6) is 0.760. The van der Waals surface area contributed by atoms with Gasteiger partial charge in [-0.05, 0) is 48.4 Å². The van der Waals surface area contributed by atoms with Gasteiger partial charge in [0.25, 0.3) is 0 Å². The Morgan fingerprint density at radius 1 is 0.870 bits per heavy atom. The average molecular weight is 304 g/mol. The summed E-state index contributed by atoms with van der Waals surface area (Å²) in [5, 5.41) is 0. The molecule has 0 saturated carbocycles. The van der Waals surface area contributed by atoms with E-state index in [0.29, 0.717) is 0 Å². The van der Waals surface area contributed by atoms with Gasteiger partial charge in [0, 0.05) is 37.4 Å². The van der Waals surface area contributed by atoms with Crippen LogP contribution >= 0.6 is 0 Å². The number of hydrogen-bond acceptors (Lipinski definition) is 2. The summed E-state index contributed by atoms with van der Waals surface area (Å²) in [7, 11) is 0. The van der Waals surface area contributed by atoms with Crippen molar-refractivity contribution in [3.63, 3.8) is 0 Å². The predicted molar refractivity (Wildman–Crippen MR) is 95.1 cm³/mol. The second-order valence-electron chi connectivity index (χ2n) is 7.42. The predicted octanol–water partition coefficient (Wildman–Crippen LogP) is 3.68. The Kier molecular flexibility index (Phi) is 3.19. The molecule has 2 bridgehead atoms. The monoisotopic (exact) mass is 304 g/mol. The Balaban J connectivity index is 1.28. The highest BCUT2D eigenvalue weighted by atomic mass is 15.3. The Morgan fingerprint density at radius 3 is 2.52 bits per heavy atom. The molecule has 2 heterocycles. The molecule has 2 aromatic carbocycles. The summed E-state index contributed by atoms with van der Waals surface area (Å²) in [6.45, 7) is 3.72. The Morgan fingerprint density at radius 2 is 1.70 bits per heavy atom. The van der Waals surface area contributed by atoms with E-state index in [0.717, 1.165) is 18.0 Å². The zero-order chi connectivity index (χ0) is 15.2. The van der Waals surface area contributed by atoms with Crippen LogP contribution in [0.3, 0.4) is 0 Å². The van der Waals surface area contributed by atoms with E-state index in [-0.39, 0.29) is 0 Å². The van der Waals surface area contributed by atoms with Crippen molar-refractivity contribution in [2.24, 2.45) is 0 Å². The van der Waals surface area contributed by atoms with Crippen LogP contribution in [0.2, 0.25) is 0 Å². The molecule has 5 rings (SSSR count). The zero-order valence-corrected chi connectivity index (χ0v) is 13.6. The third kappa shape index (κ3) is 2.28. The lowest BCUT2D eigenvalue weighted by atomic mass is 10.0. The van der Waals surface area contributed by atoms with Gasteiger partial charge in [-0.15, -0.1) is 0 Å². The van der Waals surface area contributed by atoms with E-state index in [1.807, 2.05) is 0 Å². The molecule has 0 spiro atoms. The second kappa shape index (κ2) is 5.38. The van der Waals surface area contributed by atoms with Gasteiger partial charge in [-0.3, -0.25) is 4.90 Å². The number of para-hydroxylation sites is 1. The molecule has 1 unspecified atom stereocenters. The summed E-state index contributed by atoms with van der Waals surface area (Å²) < 4.78 is 0. The van der Waals surface area contributed by atoms with Crippen molar-refractivity contribution in [2.75, 3.05) is 24.5 Å². The van der Waals surface area contributed by atoms with Crippen molar-refractivity contribution in [1.29, 1.82) is 0 Å². The normalized spacial score (nSPS) is 29.2. The van der Waals surface area contributed by atoms with Crippen molar-refractivity contribution in [3.05, 3.63) is 65.7 Å². The molecular weight excluding hydrogens is 280 g/mol. The van der Waals surface area contributed by atoms with Crippen LogP contribution in [0, 0.1) is 0 Å². The van der Waals surface area contributed by atoms with E-state index < -0.39 is 0 Å². The first-order valence-corrected chi connectivity index (χ1v) is 9.02. The molecule has 0 aromatic heterocycles. The van der Waals surface area contributed by atoms with Gasteiger partial charge < -0.3 is 4.90 Å². The molecule has 0 amide bonds. The van der Waals surface area contributed by atoms with Gasteiger partial charge in [0.05, 0.1) is 0 Å². The highest BCUT2D eigenvalue weighted by Crippen LogP contribution is 2.39. The number of hydrogen-bond donors (Lipinski definition) is 0. The summed E-state index contributed by atoms with van der Waals surface area (Å²) >= 11 is 0. The maximum atomic E-state index is 2.77. The van der Waals surface area contributed by atoms with Crippen LogP contribution in [0.25, 0.3) is 0 Å². The van der Waals surface area contributed by atoms with E-state index in [1.54, 1.807) is 11.1 Å². The summed E-state index contributed by atoms with van der Waals surface area (Å²) in [6, 6.07) is 21.5. The third-order valence-electron chi connectivity index (χ3n) is 6.15. The van der Waals surface area contributed by atoms with Crippen molar-refractivity contribution in [2.45, 2.75) is 37.3 Å². The number of piperazine rings is 1. The number of aryl methyl sites for hydroxylation is 1. The van der Waals surface area contributed by atoms with Crippen LogP contribution in [0.15, 0.2) is 54.6 Å². The van der Waals surface area contributed by atoms with Crippen LogP contribution in [0.5, 0.6) is 0 Å². The van der Waals surface area contributed by atoms with Gasteiger partial charge in [-0.2, -0.15) is 0 Å². The number of nitrogens with zero attached hydrogens (tertiary/aromatic N) is 2. The molecule has 2 fully saturated rings. The second-order valence-corrected chi connectivity index (χ2v) is 7.42. The van der Waals surface area contributed by atoms with Gasteiger partial charge in [0.2, 0.25) is 0 Å². The number of fused-ring (bicyclic) bond motifs is 3. The van der Waals surface area contributed by atoms with Crippen LogP contribution < -0.4 is 4.90 Å². The molecule has 2 aromatic rings. The van der Waals surface area contributed by atoms with E-state index in [9.17, 15) is 0 Å². The van der Waals surface area contributed by atoms with Gasteiger partial charge in [0.1, 0.15) is 0 Å². The Labute approximate surface area is 138 Å². The lowest BCUT2D eigenvalue weighted by Gasteiger charge is -2.36. The average Bonchev–Trinajstić information content (AvgIpc) is 3.30. The van der Waals surface area contributed by atoms with Crippen molar-refractivity contribution in [3.8, 4) is 0 Å². The Bertz CT molecular complexity index is 696. The molecule has 2 aliphatic heterocycles. The highest BCUT2D eigenvalue weighted by molar-refractivity contribution is 5.49. The fourth-order valence-electron chi connectivity index (χ4n) is 5.03. The van der Waals surface area contributed by atoms with Crippen LogP contribution in [-0.4, -0.2) is 36.6 Å². The van der Waals surface area contributed by atoms with Gasteiger partial charge in [-0.25, -0.2) is 0 Å². The lowest BCUT2D eigenvalue weighted by molar-refractivity contribution is 0.223. The topological polar surface area (TPSA) is 6.48 Å². The van der Waals surface area contributed by atoms with Gasteiger partial charge in [0.15, 0.2) is 0 Å². The zero-order valence-electron chi connectivity index (χ0n) is 13.6. The minimum atomic E-state index is 0.721. The first-order chi connectivity index (χ1) is 11.4. The molecule has 0 N–H and O–H groups in total. The number of rotatable bonds is 3. The largest absolute Gasteiger partial charge is 0.366 e. The van der Waals surface area contributed by atoms with Crippen molar-refractivity contribution < 1.29 is 0 Å². The maximum Gasteiger partial charge on any atom is 0.0433 e. The number of benzene rings is 2. The molecule has 3 aliphatic rings. The fraction of sp³-hybridized carbons (Fsp3) is 0.429. The first kappa shape index (κ1) is 13.6. The molecule has 2 heteroatoms. The van der Waals surface area contributed by atoms with E-state index in [2.05, 4.69) is 64.4 Å². The lowest BCUT2D eigenvalue weighted by Crippen LogP contribution is -2.47. The molecule has 2 saturated heterocycles. The van der Waals surface area contributed by atoms with Crippen LogP contribution in [0.1, 0.15) is 29.9 Å². The molecular formula is C21H24N2. The van der Waals surface area contributed by atoms with E-state index in [4.69, 9.17) is 0 Å². The highest BCUT2D eigenvalue weighted by Gasteiger charge is 2.44. The minimum Gasteiger partial charge on any atom is -0.366 e. The molecule has 2 nitrogen and oxygen atoms in total. The van der Waals surface area contributed by atoms with Gasteiger partial charge in [-0.1, -0.05) is 42.5 Å². The molecule has 1 aliphatic carbocycles. The first-order valence-electron chi connectivity index (χ1n) is 9.02. The minimum absolute atomic E-state index is 0.721. The third-order valence-corrected chi connectivity index (χ3v) is 6.15. The van der Waals surface area contributed by atoms with Crippen molar-refractivity contribution >= 4 is 5.69 Å². The van der Waals surface area contributed by atoms with Gasteiger partial charge >= 0.3 is 0 Å². The number of anilines is 1.